The van der Waals surface area contributed by atoms with E-state index in [4.69, 9.17) is 14.9 Å². The number of benzene rings is 2. The molecule has 0 saturated carbocycles. The van der Waals surface area contributed by atoms with Crippen molar-refractivity contribution in [1.29, 1.82) is 0 Å². The number of aromatic nitrogens is 2. The summed E-state index contributed by atoms with van der Waals surface area (Å²) < 4.78 is 2.01. The fourth-order valence-electron chi connectivity index (χ4n) is 4.61. The molecule has 3 heterocycles. The molecule has 172 valence electrons. The topological polar surface area (TPSA) is 92.0 Å². The van der Waals surface area contributed by atoms with Crippen molar-refractivity contribution in [3.8, 4) is 0 Å². The molecule has 0 amide bonds. The number of aliphatic imine (C=N–C) groups is 1. The standard InChI is InChI=1S/C25H29N5O3/c1-16(2)30-22-7-6-21(13-20(22)14-26-30)25(3)27-24(28-33-25)18-4-5-19-15-29(11-9-23(31)32)10-8-17(19)12-18/h4-7,12-14,16H,8-11,15H2,1-3H3,(H,27,28)(H,31,32). The highest BCUT2D eigenvalue weighted by Gasteiger charge is 2.35. The third-order valence-electron chi connectivity index (χ3n) is 6.50. The fourth-order valence-corrected chi connectivity index (χ4v) is 4.61. The normalized spacial score (nSPS) is 20.7. The number of hydrogen-bond acceptors (Lipinski definition) is 6. The molecule has 0 spiro atoms. The maximum absolute atomic E-state index is 10.9. The highest BCUT2D eigenvalue weighted by Crippen LogP contribution is 2.33. The van der Waals surface area contributed by atoms with Gasteiger partial charge in [0.15, 0.2) is 5.84 Å². The summed E-state index contributed by atoms with van der Waals surface area (Å²) in [5, 5.41) is 14.5. The van der Waals surface area contributed by atoms with Crippen LogP contribution < -0.4 is 5.48 Å². The molecule has 8 heteroatoms. The summed E-state index contributed by atoms with van der Waals surface area (Å²) in [7, 11) is 0. The van der Waals surface area contributed by atoms with E-state index in [1.807, 2.05) is 17.8 Å². The Morgan fingerprint density at radius 2 is 2.09 bits per heavy atom. The van der Waals surface area contributed by atoms with E-state index in [-0.39, 0.29) is 6.42 Å². The van der Waals surface area contributed by atoms with Crippen molar-refractivity contribution in [3.63, 3.8) is 0 Å². The molecule has 3 aromatic rings. The first-order valence-electron chi connectivity index (χ1n) is 11.4. The van der Waals surface area contributed by atoms with Crippen LogP contribution in [0.1, 0.15) is 55.5 Å². The van der Waals surface area contributed by atoms with Crippen molar-refractivity contribution in [3.05, 3.63) is 64.8 Å². The van der Waals surface area contributed by atoms with Gasteiger partial charge in [-0.05, 0) is 56.5 Å². The molecule has 0 bridgehead atoms. The maximum atomic E-state index is 10.9. The molecule has 5 rings (SSSR count). The summed E-state index contributed by atoms with van der Waals surface area (Å²) in [6, 6.07) is 12.9. The summed E-state index contributed by atoms with van der Waals surface area (Å²) in [6.07, 6.45) is 2.96. The van der Waals surface area contributed by atoms with Gasteiger partial charge in [-0.2, -0.15) is 5.10 Å². The van der Waals surface area contributed by atoms with Crippen LogP contribution in [-0.4, -0.2) is 44.7 Å². The van der Waals surface area contributed by atoms with Crippen LogP contribution in [-0.2, 0) is 28.3 Å². The van der Waals surface area contributed by atoms with Crippen LogP contribution in [0.5, 0.6) is 0 Å². The van der Waals surface area contributed by atoms with Crippen LogP contribution in [0, 0.1) is 0 Å². The van der Waals surface area contributed by atoms with Gasteiger partial charge in [0.2, 0.25) is 5.72 Å². The Balaban J connectivity index is 1.37. The fraction of sp³-hybridized carbons (Fsp3) is 0.400. The number of hydroxylamine groups is 1. The zero-order chi connectivity index (χ0) is 23.2. The number of rotatable bonds is 6. The lowest BCUT2D eigenvalue weighted by Gasteiger charge is -2.28. The van der Waals surface area contributed by atoms with E-state index in [2.05, 4.69) is 65.7 Å². The molecule has 2 N–H and O–H groups in total. The van der Waals surface area contributed by atoms with Gasteiger partial charge in [0, 0.05) is 42.2 Å². The Kier molecular flexibility index (Phi) is 5.42. The minimum Gasteiger partial charge on any atom is -0.481 e. The number of aliphatic carboxylic acids is 1. The highest BCUT2D eigenvalue weighted by atomic mass is 16.7. The van der Waals surface area contributed by atoms with Gasteiger partial charge in [-0.1, -0.05) is 18.2 Å². The Bertz CT molecular complexity index is 1250. The molecular weight excluding hydrogens is 418 g/mol. The van der Waals surface area contributed by atoms with E-state index in [1.54, 1.807) is 0 Å². The first kappa shape index (κ1) is 21.6. The Labute approximate surface area is 192 Å². The van der Waals surface area contributed by atoms with Crippen molar-refractivity contribution in [2.24, 2.45) is 4.99 Å². The van der Waals surface area contributed by atoms with Crippen LogP contribution in [0.15, 0.2) is 47.6 Å². The number of carbonyl (C=O) groups is 1. The smallest absolute Gasteiger partial charge is 0.304 e. The van der Waals surface area contributed by atoms with E-state index < -0.39 is 11.7 Å². The highest BCUT2D eigenvalue weighted by molar-refractivity contribution is 5.99. The number of amidine groups is 1. The summed E-state index contributed by atoms with van der Waals surface area (Å²) in [5.74, 6) is -0.0380. The molecule has 2 aliphatic heterocycles. The van der Waals surface area contributed by atoms with E-state index in [0.29, 0.717) is 18.4 Å². The van der Waals surface area contributed by atoms with Crippen LogP contribution >= 0.6 is 0 Å². The molecule has 1 atom stereocenters. The first-order chi connectivity index (χ1) is 15.8. The quantitative estimate of drug-likeness (QED) is 0.600. The summed E-state index contributed by atoms with van der Waals surface area (Å²) in [6.45, 7) is 8.42. The molecule has 1 unspecified atom stereocenters. The minimum absolute atomic E-state index is 0.175. The molecule has 0 aliphatic carbocycles. The lowest BCUT2D eigenvalue weighted by atomic mass is 9.96. The number of nitrogens with one attached hydrogen (secondary N) is 1. The average molecular weight is 448 g/mol. The van der Waals surface area contributed by atoms with Crippen LogP contribution in [0.2, 0.25) is 0 Å². The largest absolute Gasteiger partial charge is 0.481 e. The molecule has 0 radical (unpaired) electrons. The second-order valence-electron chi connectivity index (χ2n) is 9.26. The van der Waals surface area contributed by atoms with Crippen molar-refractivity contribution >= 4 is 22.7 Å². The number of carboxylic acids is 1. The van der Waals surface area contributed by atoms with Crippen LogP contribution in [0.25, 0.3) is 10.9 Å². The number of nitrogens with zero attached hydrogens (tertiary/aromatic N) is 4. The zero-order valence-electron chi connectivity index (χ0n) is 19.2. The van der Waals surface area contributed by atoms with Gasteiger partial charge in [0.25, 0.3) is 0 Å². The Hall–Kier alpha value is -3.23. The van der Waals surface area contributed by atoms with Crippen molar-refractivity contribution in [1.82, 2.24) is 20.2 Å². The third-order valence-corrected chi connectivity index (χ3v) is 6.50. The monoisotopic (exact) mass is 447 g/mol. The molecule has 2 aliphatic rings. The second kappa shape index (κ2) is 8.28. The van der Waals surface area contributed by atoms with Gasteiger partial charge < -0.3 is 5.11 Å². The number of carboxylic acid groups (broad SMARTS) is 1. The maximum Gasteiger partial charge on any atom is 0.304 e. The number of hydrogen-bond donors (Lipinski definition) is 2. The predicted molar refractivity (Wildman–Crippen MR) is 126 cm³/mol. The lowest BCUT2D eigenvalue weighted by Crippen LogP contribution is -2.32. The first-order valence-corrected chi connectivity index (χ1v) is 11.4. The summed E-state index contributed by atoms with van der Waals surface area (Å²) in [5.41, 5.74) is 7.78. The van der Waals surface area contributed by atoms with Crippen molar-refractivity contribution in [2.75, 3.05) is 13.1 Å². The van der Waals surface area contributed by atoms with Crippen LogP contribution in [0.4, 0.5) is 0 Å². The van der Waals surface area contributed by atoms with Gasteiger partial charge >= 0.3 is 5.97 Å². The molecule has 2 aromatic carbocycles. The van der Waals surface area contributed by atoms with Gasteiger partial charge in [0.05, 0.1) is 18.1 Å². The van der Waals surface area contributed by atoms with Gasteiger partial charge in [-0.25, -0.2) is 15.3 Å². The SMILES string of the molecule is CC(C)n1ncc2cc(C3(C)N=C(c4ccc5c(c4)CCN(CCC(=O)O)C5)NO3)ccc21. The Morgan fingerprint density at radius 3 is 2.88 bits per heavy atom. The van der Waals surface area contributed by atoms with Crippen molar-refractivity contribution in [2.45, 2.75) is 51.9 Å². The predicted octanol–water partition coefficient (Wildman–Crippen LogP) is 3.60. The summed E-state index contributed by atoms with van der Waals surface area (Å²) >= 11 is 0. The molecule has 33 heavy (non-hydrogen) atoms. The Morgan fingerprint density at radius 1 is 1.24 bits per heavy atom. The number of fused-ring (bicyclic) bond motifs is 2. The van der Waals surface area contributed by atoms with Gasteiger partial charge in [0.1, 0.15) is 0 Å². The molecule has 0 fully saturated rings. The lowest BCUT2D eigenvalue weighted by molar-refractivity contribution is -0.137. The molecular formula is C25H29N5O3. The van der Waals surface area contributed by atoms with Crippen molar-refractivity contribution < 1.29 is 14.7 Å². The van der Waals surface area contributed by atoms with E-state index in [1.165, 1.54) is 11.1 Å². The van der Waals surface area contributed by atoms with Gasteiger partial charge in [-0.3, -0.25) is 14.4 Å². The van der Waals surface area contributed by atoms with Gasteiger partial charge in [-0.15, -0.1) is 0 Å². The minimum atomic E-state index is -0.826. The molecule has 8 nitrogen and oxygen atoms in total. The van der Waals surface area contributed by atoms with E-state index >= 15 is 0 Å². The molecule has 0 saturated heterocycles. The molecule has 1 aromatic heterocycles. The van der Waals surface area contributed by atoms with E-state index in [0.717, 1.165) is 41.5 Å². The average Bonchev–Trinajstić information content (AvgIpc) is 3.41. The van der Waals surface area contributed by atoms with E-state index in [9.17, 15) is 4.79 Å². The second-order valence-corrected chi connectivity index (χ2v) is 9.26. The third kappa shape index (κ3) is 4.12. The zero-order valence-corrected chi connectivity index (χ0v) is 19.2. The van der Waals surface area contributed by atoms with Crippen LogP contribution in [0.3, 0.4) is 0 Å². The summed E-state index contributed by atoms with van der Waals surface area (Å²) in [4.78, 5) is 23.9.